The van der Waals surface area contributed by atoms with Gasteiger partial charge in [-0.15, -0.1) is 0 Å². The number of anilines is 1. The third-order valence-corrected chi connectivity index (χ3v) is 2.95. The molecular formula is C16H16N2O3. The van der Waals surface area contributed by atoms with Crippen LogP contribution in [0.5, 0.6) is 5.75 Å². The molecule has 0 heterocycles. The molecule has 0 saturated heterocycles. The van der Waals surface area contributed by atoms with E-state index >= 15 is 0 Å². The first-order chi connectivity index (χ1) is 10.1. The average molecular weight is 284 g/mol. The number of nitrogens with two attached hydrogens (primary N) is 1. The van der Waals surface area contributed by atoms with Crippen molar-refractivity contribution in [2.45, 2.75) is 6.42 Å². The zero-order valence-electron chi connectivity index (χ0n) is 11.6. The van der Waals surface area contributed by atoms with Crippen molar-refractivity contribution >= 4 is 17.5 Å². The summed E-state index contributed by atoms with van der Waals surface area (Å²) in [6.07, 6.45) is 0.245. The van der Waals surface area contributed by atoms with E-state index in [0.29, 0.717) is 17.0 Å². The van der Waals surface area contributed by atoms with E-state index in [-0.39, 0.29) is 12.3 Å². The number of benzene rings is 2. The second-order valence-electron chi connectivity index (χ2n) is 4.52. The van der Waals surface area contributed by atoms with Gasteiger partial charge in [-0.25, -0.2) is 0 Å². The van der Waals surface area contributed by atoms with Crippen LogP contribution in [0.15, 0.2) is 48.5 Å². The van der Waals surface area contributed by atoms with Gasteiger partial charge in [-0.3, -0.25) is 9.59 Å². The number of primary amides is 1. The molecule has 2 aromatic carbocycles. The molecule has 5 nitrogen and oxygen atoms in total. The van der Waals surface area contributed by atoms with Gasteiger partial charge in [-0.2, -0.15) is 0 Å². The number of hydrogen-bond acceptors (Lipinski definition) is 3. The number of carbonyl (C=O) groups excluding carboxylic acids is 2. The second kappa shape index (κ2) is 6.56. The van der Waals surface area contributed by atoms with Crippen molar-refractivity contribution in [1.82, 2.24) is 0 Å². The minimum absolute atomic E-state index is 0.143. The summed E-state index contributed by atoms with van der Waals surface area (Å²) in [5.41, 5.74) is 7.04. The number of carbonyl (C=O) groups is 2. The standard InChI is InChI=1S/C16H16N2O3/c1-21-14-4-2-3-11(9-14)10-15(19)18-13-7-5-12(6-8-13)16(17)20/h2-9H,10H2,1H3,(H2,17,20)(H,18,19). The average Bonchev–Trinajstić information content (AvgIpc) is 2.47. The fourth-order valence-corrected chi connectivity index (χ4v) is 1.89. The summed E-state index contributed by atoms with van der Waals surface area (Å²) in [7, 11) is 1.58. The summed E-state index contributed by atoms with van der Waals surface area (Å²) in [6, 6.07) is 13.8. The van der Waals surface area contributed by atoms with Crippen molar-refractivity contribution in [3.8, 4) is 5.75 Å². The van der Waals surface area contributed by atoms with Crippen molar-refractivity contribution < 1.29 is 14.3 Å². The predicted molar refractivity (Wildman–Crippen MR) is 80.3 cm³/mol. The van der Waals surface area contributed by atoms with Gasteiger partial charge >= 0.3 is 0 Å². The highest BCUT2D eigenvalue weighted by Gasteiger charge is 2.06. The van der Waals surface area contributed by atoms with Gasteiger partial charge in [-0.05, 0) is 42.0 Å². The van der Waals surface area contributed by atoms with Crippen molar-refractivity contribution in [2.24, 2.45) is 5.73 Å². The van der Waals surface area contributed by atoms with Gasteiger partial charge in [0.2, 0.25) is 11.8 Å². The molecule has 0 spiro atoms. The van der Waals surface area contributed by atoms with Crippen LogP contribution in [-0.4, -0.2) is 18.9 Å². The van der Waals surface area contributed by atoms with Gasteiger partial charge in [0.25, 0.3) is 0 Å². The van der Waals surface area contributed by atoms with E-state index in [1.807, 2.05) is 24.3 Å². The Bertz CT molecular complexity index is 651. The number of amides is 2. The highest BCUT2D eigenvalue weighted by molar-refractivity contribution is 5.95. The largest absolute Gasteiger partial charge is 0.497 e. The molecule has 0 radical (unpaired) electrons. The lowest BCUT2D eigenvalue weighted by Crippen LogP contribution is -2.15. The fraction of sp³-hybridized carbons (Fsp3) is 0.125. The van der Waals surface area contributed by atoms with Crippen LogP contribution in [0.2, 0.25) is 0 Å². The highest BCUT2D eigenvalue weighted by atomic mass is 16.5. The minimum Gasteiger partial charge on any atom is -0.497 e. The van der Waals surface area contributed by atoms with Crippen LogP contribution >= 0.6 is 0 Å². The number of nitrogens with one attached hydrogen (secondary N) is 1. The lowest BCUT2D eigenvalue weighted by molar-refractivity contribution is -0.115. The molecule has 0 fully saturated rings. The summed E-state index contributed by atoms with van der Waals surface area (Å²) in [5, 5.41) is 2.76. The quantitative estimate of drug-likeness (QED) is 0.880. The number of rotatable bonds is 5. The maximum Gasteiger partial charge on any atom is 0.248 e. The predicted octanol–water partition coefficient (Wildman–Crippen LogP) is 1.98. The molecule has 0 unspecified atom stereocenters. The van der Waals surface area contributed by atoms with E-state index in [4.69, 9.17) is 10.5 Å². The molecule has 0 aliphatic rings. The van der Waals surface area contributed by atoms with E-state index < -0.39 is 5.91 Å². The molecule has 5 heteroatoms. The SMILES string of the molecule is COc1cccc(CC(=O)Nc2ccc(C(N)=O)cc2)c1. The molecule has 0 saturated carbocycles. The van der Waals surface area contributed by atoms with Crippen molar-refractivity contribution in [1.29, 1.82) is 0 Å². The number of ether oxygens (including phenoxy) is 1. The molecule has 0 aromatic heterocycles. The maximum atomic E-state index is 12.0. The summed E-state index contributed by atoms with van der Waals surface area (Å²) < 4.78 is 5.11. The normalized spacial score (nSPS) is 9.95. The topological polar surface area (TPSA) is 81.4 Å². The van der Waals surface area contributed by atoms with Crippen molar-refractivity contribution in [3.05, 3.63) is 59.7 Å². The Labute approximate surface area is 122 Å². The second-order valence-corrected chi connectivity index (χ2v) is 4.52. The van der Waals surface area contributed by atoms with Gasteiger partial charge in [-0.1, -0.05) is 12.1 Å². The van der Waals surface area contributed by atoms with E-state index in [1.54, 1.807) is 31.4 Å². The van der Waals surface area contributed by atoms with Crippen LogP contribution < -0.4 is 15.8 Å². The molecule has 0 aliphatic carbocycles. The molecule has 108 valence electrons. The molecule has 2 rings (SSSR count). The smallest absolute Gasteiger partial charge is 0.248 e. The fourth-order valence-electron chi connectivity index (χ4n) is 1.89. The Kier molecular flexibility index (Phi) is 4.56. The molecule has 3 N–H and O–H groups in total. The molecular weight excluding hydrogens is 268 g/mol. The summed E-state index contributed by atoms with van der Waals surface area (Å²) in [4.78, 5) is 22.9. The monoisotopic (exact) mass is 284 g/mol. The first-order valence-corrected chi connectivity index (χ1v) is 6.41. The Balaban J connectivity index is 1.99. The summed E-state index contributed by atoms with van der Waals surface area (Å²) in [6.45, 7) is 0. The Morgan fingerprint density at radius 3 is 2.48 bits per heavy atom. The molecule has 0 aliphatic heterocycles. The van der Waals surface area contributed by atoms with Gasteiger partial charge in [0.1, 0.15) is 5.75 Å². The van der Waals surface area contributed by atoms with Crippen LogP contribution in [0.4, 0.5) is 5.69 Å². The summed E-state index contributed by atoms with van der Waals surface area (Å²) in [5.74, 6) is 0.0745. The number of hydrogen-bond donors (Lipinski definition) is 2. The zero-order chi connectivity index (χ0) is 15.2. The van der Waals surface area contributed by atoms with Crippen molar-refractivity contribution in [3.63, 3.8) is 0 Å². The zero-order valence-corrected chi connectivity index (χ0v) is 11.6. The van der Waals surface area contributed by atoms with Gasteiger partial charge in [0.15, 0.2) is 0 Å². The van der Waals surface area contributed by atoms with Crippen LogP contribution in [0, 0.1) is 0 Å². The molecule has 2 amide bonds. The minimum atomic E-state index is -0.496. The van der Waals surface area contributed by atoms with E-state index in [0.717, 1.165) is 5.56 Å². The van der Waals surface area contributed by atoms with E-state index in [9.17, 15) is 9.59 Å². The Morgan fingerprint density at radius 2 is 1.86 bits per heavy atom. The third kappa shape index (κ3) is 4.07. The molecule has 0 atom stereocenters. The van der Waals surface area contributed by atoms with Crippen LogP contribution in [0.25, 0.3) is 0 Å². The molecule has 2 aromatic rings. The first-order valence-electron chi connectivity index (χ1n) is 6.41. The van der Waals surface area contributed by atoms with Crippen molar-refractivity contribution in [2.75, 3.05) is 12.4 Å². The van der Waals surface area contributed by atoms with Gasteiger partial charge < -0.3 is 15.8 Å². The lowest BCUT2D eigenvalue weighted by Gasteiger charge is -2.07. The third-order valence-electron chi connectivity index (χ3n) is 2.95. The highest BCUT2D eigenvalue weighted by Crippen LogP contribution is 2.14. The maximum absolute atomic E-state index is 12.0. The number of methoxy groups -OCH3 is 1. The lowest BCUT2D eigenvalue weighted by atomic mass is 10.1. The Hall–Kier alpha value is -2.82. The Morgan fingerprint density at radius 1 is 1.14 bits per heavy atom. The van der Waals surface area contributed by atoms with E-state index in [2.05, 4.69) is 5.32 Å². The first kappa shape index (κ1) is 14.6. The van der Waals surface area contributed by atoms with Crippen LogP contribution in [0.1, 0.15) is 15.9 Å². The van der Waals surface area contributed by atoms with Gasteiger partial charge in [0, 0.05) is 11.3 Å². The van der Waals surface area contributed by atoms with E-state index in [1.165, 1.54) is 0 Å². The van der Waals surface area contributed by atoms with Crippen LogP contribution in [0.3, 0.4) is 0 Å². The molecule has 21 heavy (non-hydrogen) atoms. The molecule has 0 bridgehead atoms. The van der Waals surface area contributed by atoms with Crippen LogP contribution in [-0.2, 0) is 11.2 Å². The summed E-state index contributed by atoms with van der Waals surface area (Å²) >= 11 is 0. The van der Waals surface area contributed by atoms with Gasteiger partial charge in [0.05, 0.1) is 13.5 Å².